The first-order chi connectivity index (χ1) is 6.85. The van der Waals surface area contributed by atoms with Gasteiger partial charge in [-0.2, -0.15) is 0 Å². The van der Waals surface area contributed by atoms with Crippen molar-refractivity contribution in [3.8, 4) is 0 Å². The molecule has 0 bridgehead atoms. The Labute approximate surface area is 87.2 Å². The topological polar surface area (TPSA) is 35.2 Å². The molecule has 2 N–H and O–H groups in total. The van der Waals surface area contributed by atoms with E-state index in [1.807, 2.05) is 0 Å². The Morgan fingerprint density at radius 2 is 2.00 bits per heavy atom. The van der Waals surface area contributed by atoms with Crippen LogP contribution in [0.3, 0.4) is 0 Å². The molecule has 82 valence electrons. The highest BCUT2D eigenvalue weighted by Gasteiger charge is 2.34. The second-order valence-corrected chi connectivity index (χ2v) is 5.21. The van der Waals surface area contributed by atoms with Crippen molar-refractivity contribution < 1.29 is 4.74 Å². The number of nitrogens with two attached hydrogens (primary N) is 1. The van der Waals surface area contributed by atoms with Gasteiger partial charge in [-0.3, -0.25) is 0 Å². The lowest BCUT2D eigenvalue weighted by atomic mass is 9.75. The lowest BCUT2D eigenvalue weighted by Crippen LogP contribution is -2.40. The van der Waals surface area contributed by atoms with Crippen molar-refractivity contribution in [1.29, 1.82) is 0 Å². The van der Waals surface area contributed by atoms with Crippen LogP contribution in [0.15, 0.2) is 0 Å². The van der Waals surface area contributed by atoms with Crippen LogP contribution in [0.1, 0.15) is 44.9 Å². The van der Waals surface area contributed by atoms with Crippen molar-refractivity contribution in [1.82, 2.24) is 0 Å². The summed E-state index contributed by atoms with van der Waals surface area (Å²) in [5, 5.41) is 0. The molecule has 0 spiro atoms. The normalized spacial score (nSPS) is 34.9. The van der Waals surface area contributed by atoms with Crippen molar-refractivity contribution in [2.45, 2.75) is 44.9 Å². The second kappa shape index (κ2) is 4.63. The summed E-state index contributed by atoms with van der Waals surface area (Å²) in [7, 11) is 0. The maximum atomic E-state index is 5.94. The minimum absolute atomic E-state index is 0.341. The zero-order valence-electron chi connectivity index (χ0n) is 9.13. The average Bonchev–Trinajstić information content (AvgIpc) is 2.72. The fraction of sp³-hybridized carbons (Fsp3) is 1.00. The highest BCUT2D eigenvalue weighted by molar-refractivity contribution is 4.86. The van der Waals surface area contributed by atoms with E-state index in [-0.39, 0.29) is 0 Å². The predicted molar refractivity (Wildman–Crippen MR) is 58.1 cm³/mol. The van der Waals surface area contributed by atoms with Crippen LogP contribution in [-0.2, 0) is 4.74 Å². The summed E-state index contributed by atoms with van der Waals surface area (Å²) in [6.45, 7) is 2.69. The third kappa shape index (κ3) is 2.29. The summed E-state index contributed by atoms with van der Waals surface area (Å²) in [6.07, 6.45) is 9.56. The van der Waals surface area contributed by atoms with E-state index < -0.39 is 0 Å². The van der Waals surface area contributed by atoms with Gasteiger partial charge in [-0.15, -0.1) is 0 Å². The second-order valence-electron chi connectivity index (χ2n) is 5.21. The molecular weight excluding hydrogens is 174 g/mol. The summed E-state index contributed by atoms with van der Waals surface area (Å²) in [6, 6.07) is 0. The van der Waals surface area contributed by atoms with Crippen molar-refractivity contribution in [3.63, 3.8) is 0 Å². The van der Waals surface area contributed by atoms with E-state index in [4.69, 9.17) is 10.5 Å². The van der Waals surface area contributed by atoms with Gasteiger partial charge >= 0.3 is 0 Å². The Kier molecular flexibility index (Phi) is 3.45. The van der Waals surface area contributed by atoms with E-state index >= 15 is 0 Å². The number of hydrogen-bond donors (Lipinski definition) is 1. The molecule has 2 rings (SSSR count). The maximum absolute atomic E-state index is 5.94. The summed E-state index contributed by atoms with van der Waals surface area (Å²) in [5.74, 6) is 0.945. The van der Waals surface area contributed by atoms with Gasteiger partial charge in [0.25, 0.3) is 0 Å². The van der Waals surface area contributed by atoms with Crippen molar-refractivity contribution in [2.75, 3.05) is 19.8 Å². The molecule has 1 heterocycles. The van der Waals surface area contributed by atoms with Crippen LogP contribution in [0, 0.1) is 11.3 Å². The lowest BCUT2D eigenvalue weighted by Gasteiger charge is -2.38. The Bertz CT molecular complexity index is 169. The molecule has 0 aromatic rings. The van der Waals surface area contributed by atoms with Gasteiger partial charge in [0.2, 0.25) is 0 Å². The fourth-order valence-electron chi connectivity index (χ4n) is 3.14. The van der Waals surface area contributed by atoms with Crippen LogP contribution in [0.4, 0.5) is 0 Å². The molecule has 1 aliphatic carbocycles. The van der Waals surface area contributed by atoms with Gasteiger partial charge in [0.1, 0.15) is 0 Å². The van der Waals surface area contributed by atoms with Crippen LogP contribution in [0.5, 0.6) is 0 Å². The van der Waals surface area contributed by atoms with Crippen LogP contribution < -0.4 is 5.73 Å². The molecule has 0 aromatic heterocycles. The molecule has 0 radical (unpaired) electrons. The first-order valence-electron chi connectivity index (χ1n) is 6.12. The standard InChI is InChI=1S/C12H23NO/c13-9-12(6-3-7-14-10-12)8-11-4-1-2-5-11/h11H,1-10,13H2. The first-order valence-corrected chi connectivity index (χ1v) is 6.12. The van der Waals surface area contributed by atoms with Crippen LogP contribution >= 0.6 is 0 Å². The van der Waals surface area contributed by atoms with Crippen molar-refractivity contribution >= 4 is 0 Å². The third-order valence-electron chi connectivity index (χ3n) is 4.03. The average molecular weight is 197 g/mol. The van der Waals surface area contributed by atoms with Crippen LogP contribution in [0.25, 0.3) is 0 Å². The third-order valence-corrected chi connectivity index (χ3v) is 4.03. The van der Waals surface area contributed by atoms with Gasteiger partial charge in [0, 0.05) is 18.6 Å². The van der Waals surface area contributed by atoms with Crippen LogP contribution in [0.2, 0.25) is 0 Å². The summed E-state index contributed by atoms with van der Waals surface area (Å²) in [4.78, 5) is 0. The van der Waals surface area contributed by atoms with E-state index in [0.717, 1.165) is 25.7 Å². The highest BCUT2D eigenvalue weighted by atomic mass is 16.5. The molecule has 14 heavy (non-hydrogen) atoms. The number of rotatable bonds is 3. The van der Waals surface area contributed by atoms with Gasteiger partial charge in [0.15, 0.2) is 0 Å². The van der Waals surface area contributed by atoms with Crippen molar-refractivity contribution in [2.24, 2.45) is 17.1 Å². The Balaban J connectivity index is 1.89. The number of ether oxygens (including phenoxy) is 1. The van der Waals surface area contributed by atoms with E-state index in [1.54, 1.807) is 0 Å². The van der Waals surface area contributed by atoms with Gasteiger partial charge in [-0.1, -0.05) is 25.7 Å². The van der Waals surface area contributed by atoms with Crippen LogP contribution in [-0.4, -0.2) is 19.8 Å². The molecule has 0 amide bonds. The zero-order chi connectivity index (χ0) is 9.86. The molecular formula is C12H23NO. The molecule has 1 aliphatic heterocycles. The molecule has 2 heteroatoms. The summed E-state index contributed by atoms with van der Waals surface area (Å²) in [5.41, 5.74) is 6.28. The van der Waals surface area contributed by atoms with E-state index in [2.05, 4.69) is 0 Å². The molecule has 1 unspecified atom stereocenters. The van der Waals surface area contributed by atoms with Gasteiger partial charge < -0.3 is 10.5 Å². The van der Waals surface area contributed by atoms with E-state index in [0.29, 0.717) is 5.41 Å². The monoisotopic (exact) mass is 197 g/mol. The molecule has 2 fully saturated rings. The van der Waals surface area contributed by atoms with Gasteiger partial charge in [-0.05, 0) is 25.2 Å². The highest BCUT2D eigenvalue weighted by Crippen LogP contribution is 2.39. The summed E-state index contributed by atoms with van der Waals surface area (Å²) >= 11 is 0. The molecule has 1 atom stereocenters. The Hall–Kier alpha value is -0.0800. The molecule has 1 saturated carbocycles. The number of hydrogen-bond acceptors (Lipinski definition) is 2. The lowest BCUT2D eigenvalue weighted by molar-refractivity contribution is -0.0156. The summed E-state index contributed by atoms with van der Waals surface area (Å²) < 4.78 is 5.61. The largest absolute Gasteiger partial charge is 0.381 e. The quantitative estimate of drug-likeness (QED) is 0.753. The fourth-order valence-corrected chi connectivity index (χ4v) is 3.14. The Morgan fingerprint density at radius 1 is 1.21 bits per heavy atom. The molecule has 2 nitrogen and oxygen atoms in total. The van der Waals surface area contributed by atoms with Crippen molar-refractivity contribution in [3.05, 3.63) is 0 Å². The SMILES string of the molecule is NCC1(CC2CCCC2)CCCOC1. The molecule has 1 saturated heterocycles. The van der Waals surface area contributed by atoms with Gasteiger partial charge in [0.05, 0.1) is 6.61 Å². The predicted octanol–water partition coefficient (Wildman–Crippen LogP) is 2.32. The minimum Gasteiger partial charge on any atom is -0.381 e. The van der Waals surface area contributed by atoms with E-state index in [9.17, 15) is 0 Å². The smallest absolute Gasteiger partial charge is 0.0534 e. The van der Waals surface area contributed by atoms with Gasteiger partial charge in [-0.25, -0.2) is 0 Å². The Morgan fingerprint density at radius 3 is 2.57 bits per heavy atom. The maximum Gasteiger partial charge on any atom is 0.0534 e. The van der Waals surface area contributed by atoms with E-state index in [1.165, 1.54) is 44.9 Å². The molecule has 2 aliphatic rings. The zero-order valence-corrected chi connectivity index (χ0v) is 9.13. The molecule has 0 aromatic carbocycles. The minimum atomic E-state index is 0.341. The first kappa shape index (κ1) is 10.4.